The zero-order chi connectivity index (χ0) is 13.1. The Bertz CT molecular complexity index is 554. The van der Waals surface area contributed by atoms with E-state index < -0.39 is 0 Å². The molecule has 0 aromatic heterocycles. The number of aryl methyl sites for hydroxylation is 1. The van der Waals surface area contributed by atoms with Gasteiger partial charge in [-0.3, -0.25) is 0 Å². The highest BCUT2D eigenvalue weighted by Crippen LogP contribution is 2.31. The Labute approximate surface area is 116 Å². The summed E-state index contributed by atoms with van der Waals surface area (Å²) in [5.41, 5.74) is 9.74. The van der Waals surface area contributed by atoms with Gasteiger partial charge in [-0.2, -0.15) is 0 Å². The van der Waals surface area contributed by atoms with Gasteiger partial charge in [-0.25, -0.2) is 0 Å². The third-order valence-electron chi connectivity index (χ3n) is 3.07. The minimum Gasteiger partial charge on any atom is -0.497 e. The first kappa shape index (κ1) is 13.1. The van der Waals surface area contributed by atoms with E-state index in [-0.39, 0.29) is 6.04 Å². The molecular formula is C15H16BrNO. The summed E-state index contributed by atoms with van der Waals surface area (Å²) < 4.78 is 6.16. The Hall–Kier alpha value is -1.32. The molecule has 2 nitrogen and oxygen atoms in total. The van der Waals surface area contributed by atoms with Crippen LogP contribution in [0.3, 0.4) is 0 Å². The van der Waals surface area contributed by atoms with Crippen molar-refractivity contribution in [2.75, 3.05) is 7.11 Å². The summed E-state index contributed by atoms with van der Waals surface area (Å²) in [4.78, 5) is 0. The van der Waals surface area contributed by atoms with Crippen molar-refractivity contribution in [2.24, 2.45) is 5.73 Å². The molecule has 0 bridgehead atoms. The Morgan fingerprint density at radius 1 is 1.11 bits per heavy atom. The molecule has 2 N–H and O–H groups in total. The van der Waals surface area contributed by atoms with Crippen LogP contribution in [0.25, 0.3) is 0 Å². The van der Waals surface area contributed by atoms with Gasteiger partial charge in [-0.05, 0) is 35.7 Å². The monoisotopic (exact) mass is 305 g/mol. The van der Waals surface area contributed by atoms with Crippen molar-refractivity contribution in [2.45, 2.75) is 13.0 Å². The van der Waals surface area contributed by atoms with Gasteiger partial charge in [0, 0.05) is 4.47 Å². The molecule has 0 aliphatic heterocycles. The summed E-state index contributed by atoms with van der Waals surface area (Å²) in [7, 11) is 1.66. The van der Waals surface area contributed by atoms with Crippen LogP contribution in [0.1, 0.15) is 22.7 Å². The molecule has 0 saturated carbocycles. The van der Waals surface area contributed by atoms with E-state index in [1.54, 1.807) is 7.11 Å². The number of hydrogen-bond acceptors (Lipinski definition) is 2. The molecular weight excluding hydrogens is 290 g/mol. The minimum absolute atomic E-state index is 0.133. The molecule has 3 heteroatoms. The van der Waals surface area contributed by atoms with Gasteiger partial charge in [0.25, 0.3) is 0 Å². The molecule has 2 aromatic rings. The van der Waals surface area contributed by atoms with E-state index in [0.29, 0.717) is 0 Å². The van der Waals surface area contributed by atoms with E-state index in [2.05, 4.69) is 35.0 Å². The zero-order valence-corrected chi connectivity index (χ0v) is 12.1. The van der Waals surface area contributed by atoms with Crippen molar-refractivity contribution in [3.05, 3.63) is 63.6 Å². The third-order valence-corrected chi connectivity index (χ3v) is 3.75. The van der Waals surface area contributed by atoms with Crippen molar-refractivity contribution >= 4 is 15.9 Å². The van der Waals surface area contributed by atoms with Gasteiger partial charge in [0.2, 0.25) is 0 Å². The van der Waals surface area contributed by atoms with Crippen LogP contribution in [-0.4, -0.2) is 7.11 Å². The van der Waals surface area contributed by atoms with Gasteiger partial charge in [-0.1, -0.05) is 46.3 Å². The van der Waals surface area contributed by atoms with Gasteiger partial charge < -0.3 is 10.5 Å². The second kappa shape index (κ2) is 5.55. The SMILES string of the molecule is COc1ccc(C(N)c2ccccc2C)c(Br)c1. The molecule has 18 heavy (non-hydrogen) atoms. The summed E-state index contributed by atoms with van der Waals surface area (Å²) in [5, 5.41) is 0. The summed E-state index contributed by atoms with van der Waals surface area (Å²) in [6, 6.07) is 13.9. The van der Waals surface area contributed by atoms with E-state index in [1.165, 1.54) is 5.56 Å². The van der Waals surface area contributed by atoms with E-state index >= 15 is 0 Å². The van der Waals surface area contributed by atoms with Gasteiger partial charge in [0.05, 0.1) is 13.2 Å². The van der Waals surface area contributed by atoms with Crippen molar-refractivity contribution < 1.29 is 4.74 Å². The molecule has 2 rings (SSSR count). The number of methoxy groups -OCH3 is 1. The van der Waals surface area contributed by atoms with Gasteiger partial charge in [0.15, 0.2) is 0 Å². The number of ether oxygens (including phenoxy) is 1. The second-order valence-corrected chi connectivity index (χ2v) is 5.08. The van der Waals surface area contributed by atoms with Crippen LogP contribution in [0, 0.1) is 6.92 Å². The first-order valence-electron chi connectivity index (χ1n) is 5.78. The normalized spacial score (nSPS) is 12.2. The van der Waals surface area contributed by atoms with Crippen LogP contribution < -0.4 is 10.5 Å². The fraction of sp³-hybridized carbons (Fsp3) is 0.200. The Morgan fingerprint density at radius 2 is 1.83 bits per heavy atom. The van der Waals surface area contributed by atoms with E-state index in [4.69, 9.17) is 10.5 Å². The molecule has 94 valence electrons. The Kier molecular flexibility index (Phi) is 4.04. The smallest absolute Gasteiger partial charge is 0.120 e. The highest BCUT2D eigenvalue weighted by atomic mass is 79.9. The molecule has 0 fully saturated rings. The molecule has 1 atom stereocenters. The molecule has 0 amide bonds. The number of hydrogen-bond donors (Lipinski definition) is 1. The highest BCUT2D eigenvalue weighted by Gasteiger charge is 2.14. The zero-order valence-electron chi connectivity index (χ0n) is 10.5. The first-order chi connectivity index (χ1) is 8.63. The second-order valence-electron chi connectivity index (χ2n) is 4.22. The lowest BCUT2D eigenvalue weighted by Crippen LogP contribution is -2.13. The quantitative estimate of drug-likeness (QED) is 0.936. The maximum Gasteiger partial charge on any atom is 0.120 e. The van der Waals surface area contributed by atoms with Crippen molar-refractivity contribution in [3.8, 4) is 5.75 Å². The number of halogens is 1. The summed E-state index contributed by atoms with van der Waals surface area (Å²) >= 11 is 3.55. The molecule has 0 radical (unpaired) electrons. The van der Waals surface area contributed by atoms with Crippen LogP contribution in [0.4, 0.5) is 0 Å². The molecule has 2 aromatic carbocycles. The summed E-state index contributed by atoms with van der Waals surface area (Å²) in [6.45, 7) is 2.08. The molecule has 0 aliphatic carbocycles. The largest absolute Gasteiger partial charge is 0.497 e. The first-order valence-corrected chi connectivity index (χ1v) is 6.57. The lowest BCUT2D eigenvalue weighted by atomic mass is 9.96. The Balaban J connectivity index is 2.40. The fourth-order valence-corrected chi connectivity index (χ4v) is 2.59. The lowest BCUT2D eigenvalue weighted by Gasteiger charge is -2.17. The highest BCUT2D eigenvalue weighted by molar-refractivity contribution is 9.10. The molecule has 0 saturated heterocycles. The average Bonchev–Trinajstić information content (AvgIpc) is 2.38. The Morgan fingerprint density at radius 3 is 2.44 bits per heavy atom. The van der Waals surface area contributed by atoms with Crippen LogP contribution in [0.15, 0.2) is 46.9 Å². The van der Waals surface area contributed by atoms with Crippen LogP contribution in [-0.2, 0) is 0 Å². The molecule has 0 spiro atoms. The fourth-order valence-electron chi connectivity index (χ4n) is 1.99. The van der Waals surface area contributed by atoms with Crippen molar-refractivity contribution in [1.82, 2.24) is 0 Å². The van der Waals surface area contributed by atoms with E-state index in [1.807, 2.05) is 30.3 Å². The number of nitrogens with two attached hydrogens (primary N) is 1. The maximum absolute atomic E-state index is 6.34. The standard InChI is InChI=1S/C15H16BrNO/c1-10-5-3-4-6-12(10)15(17)13-8-7-11(18-2)9-14(13)16/h3-9,15H,17H2,1-2H3. The van der Waals surface area contributed by atoms with Crippen molar-refractivity contribution in [1.29, 1.82) is 0 Å². The van der Waals surface area contributed by atoms with Crippen LogP contribution >= 0.6 is 15.9 Å². The van der Waals surface area contributed by atoms with E-state index in [0.717, 1.165) is 21.3 Å². The lowest BCUT2D eigenvalue weighted by molar-refractivity contribution is 0.414. The topological polar surface area (TPSA) is 35.2 Å². The van der Waals surface area contributed by atoms with Gasteiger partial charge in [-0.15, -0.1) is 0 Å². The van der Waals surface area contributed by atoms with Crippen LogP contribution in [0.5, 0.6) is 5.75 Å². The molecule has 0 aliphatic rings. The third kappa shape index (κ3) is 2.57. The predicted molar refractivity (Wildman–Crippen MR) is 77.9 cm³/mol. The maximum atomic E-state index is 6.34. The summed E-state index contributed by atoms with van der Waals surface area (Å²) in [5.74, 6) is 0.822. The average molecular weight is 306 g/mol. The number of benzene rings is 2. The van der Waals surface area contributed by atoms with Crippen LogP contribution in [0.2, 0.25) is 0 Å². The summed E-state index contributed by atoms with van der Waals surface area (Å²) in [6.07, 6.45) is 0. The molecule has 1 unspecified atom stereocenters. The molecule has 0 heterocycles. The van der Waals surface area contributed by atoms with Gasteiger partial charge in [0.1, 0.15) is 5.75 Å². The van der Waals surface area contributed by atoms with E-state index in [9.17, 15) is 0 Å². The number of rotatable bonds is 3. The van der Waals surface area contributed by atoms with Crippen molar-refractivity contribution in [3.63, 3.8) is 0 Å². The predicted octanol–water partition coefficient (Wildman–Crippen LogP) is 3.81. The van der Waals surface area contributed by atoms with Gasteiger partial charge >= 0.3 is 0 Å². The minimum atomic E-state index is -0.133.